The summed E-state index contributed by atoms with van der Waals surface area (Å²) in [6, 6.07) is 9.45. The summed E-state index contributed by atoms with van der Waals surface area (Å²) in [4.78, 5) is 15.2. The van der Waals surface area contributed by atoms with E-state index in [-0.39, 0.29) is 23.2 Å². The first-order valence-electron chi connectivity index (χ1n) is 10.6. The van der Waals surface area contributed by atoms with Gasteiger partial charge in [-0.3, -0.25) is 4.79 Å². The summed E-state index contributed by atoms with van der Waals surface area (Å²) in [5.41, 5.74) is 6.59. The highest BCUT2D eigenvalue weighted by molar-refractivity contribution is 5.84. The van der Waals surface area contributed by atoms with E-state index in [2.05, 4.69) is 31.2 Å². The van der Waals surface area contributed by atoms with Crippen LogP contribution < -0.4 is 5.73 Å². The maximum Gasteiger partial charge on any atom is 0.280 e. The van der Waals surface area contributed by atoms with Crippen molar-refractivity contribution in [3.8, 4) is 0 Å². The molecule has 5 aliphatic rings. The van der Waals surface area contributed by atoms with E-state index in [1.54, 1.807) is 0 Å². The lowest BCUT2D eigenvalue weighted by Crippen LogP contribution is -2.65. The summed E-state index contributed by atoms with van der Waals surface area (Å²) >= 11 is 0. The van der Waals surface area contributed by atoms with Crippen molar-refractivity contribution in [1.82, 2.24) is 4.90 Å². The third kappa shape index (κ3) is 2.65. The van der Waals surface area contributed by atoms with Gasteiger partial charge in [0, 0.05) is 6.54 Å². The standard InChI is InChI=1S/C23H30F2N2O/c1-20-9-16-10-21(12-20,17-5-3-2-4-6-17)14-22(11-16,13-20)19(28)27-8-7-18(26)23(24,25)15-27/h2-6,16,18H,7-15,26H2,1H3/t16-,18?,20+,21+,22-/m0/s1. The highest BCUT2D eigenvalue weighted by Gasteiger charge is 2.65. The third-order valence-electron chi connectivity index (χ3n) is 8.13. The molecule has 1 aromatic carbocycles. The second kappa shape index (κ2) is 5.78. The van der Waals surface area contributed by atoms with Crippen LogP contribution in [-0.4, -0.2) is 35.9 Å². The Balaban J connectivity index is 1.50. The Labute approximate surface area is 165 Å². The van der Waals surface area contributed by atoms with E-state index >= 15 is 0 Å². The van der Waals surface area contributed by atoms with Gasteiger partial charge in [0.15, 0.2) is 0 Å². The predicted octanol–water partition coefficient (Wildman–Crippen LogP) is 4.11. The van der Waals surface area contributed by atoms with Gasteiger partial charge in [0.1, 0.15) is 0 Å². The van der Waals surface area contributed by atoms with Crippen molar-refractivity contribution in [2.75, 3.05) is 13.1 Å². The smallest absolute Gasteiger partial charge is 0.280 e. The summed E-state index contributed by atoms with van der Waals surface area (Å²) in [6.07, 6.45) is 6.10. The van der Waals surface area contributed by atoms with Crippen LogP contribution >= 0.6 is 0 Å². The van der Waals surface area contributed by atoms with Gasteiger partial charge in [-0.05, 0) is 67.3 Å². The molecule has 6 rings (SSSR count). The largest absolute Gasteiger partial charge is 0.336 e. The molecule has 4 saturated carbocycles. The van der Waals surface area contributed by atoms with E-state index in [1.807, 2.05) is 6.07 Å². The number of halogens is 2. The maximum absolute atomic E-state index is 14.3. The van der Waals surface area contributed by atoms with Gasteiger partial charge in [-0.2, -0.15) is 0 Å². The average Bonchev–Trinajstić information content (AvgIpc) is 2.62. The van der Waals surface area contributed by atoms with Crippen LogP contribution in [0.25, 0.3) is 0 Å². The van der Waals surface area contributed by atoms with Gasteiger partial charge < -0.3 is 10.6 Å². The zero-order valence-corrected chi connectivity index (χ0v) is 16.6. The average molecular weight is 389 g/mol. The van der Waals surface area contributed by atoms with Crippen LogP contribution in [0.15, 0.2) is 30.3 Å². The zero-order chi connectivity index (χ0) is 19.8. The van der Waals surface area contributed by atoms with Crippen molar-refractivity contribution < 1.29 is 13.6 Å². The summed E-state index contributed by atoms with van der Waals surface area (Å²) < 4.78 is 28.6. The lowest BCUT2D eigenvalue weighted by Gasteiger charge is -2.66. The third-order valence-corrected chi connectivity index (χ3v) is 8.13. The number of nitrogens with two attached hydrogens (primary N) is 1. The van der Waals surface area contributed by atoms with Gasteiger partial charge >= 0.3 is 0 Å². The molecule has 4 bridgehead atoms. The number of piperidine rings is 1. The number of likely N-dealkylation sites (tertiary alicyclic amines) is 1. The molecule has 1 heterocycles. The van der Waals surface area contributed by atoms with E-state index in [9.17, 15) is 13.6 Å². The predicted molar refractivity (Wildman–Crippen MR) is 104 cm³/mol. The molecule has 5 atom stereocenters. The fraction of sp³-hybridized carbons (Fsp3) is 0.696. The van der Waals surface area contributed by atoms with Crippen molar-refractivity contribution in [2.24, 2.45) is 22.5 Å². The summed E-state index contributed by atoms with van der Waals surface area (Å²) in [5, 5.41) is 0. The number of nitrogens with zero attached hydrogens (tertiary/aromatic N) is 1. The van der Waals surface area contributed by atoms with E-state index < -0.39 is 23.9 Å². The Morgan fingerprint density at radius 1 is 1.11 bits per heavy atom. The maximum atomic E-state index is 14.3. The molecule has 1 aromatic rings. The SMILES string of the molecule is C[C@]12C[C@@H]3C[C@](C(=O)N4CCC(N)C(F)(F)C4)(C1)C[C@@](c1ccccc1)(C3)C2. The van der Waals surface area contributed by atoms with Crippen molar-refractivity contribution in [1.29, 1.82) is 0 Å². The molecule has 2 N–H and O–H groups in total. The molecule has 0 aromatic heterocycles. The molecular weight excluding hydrogens is 358 g/mol. The first kappa shape index (κ1) is 18.5. The Morgan fingerprint density at radius 3 is 2.54 bits per heavy atom. The Kier molecular flexibility index (Phi) is 3.82. The van der Waals surface area contributed by atoms with E-state index in [4.69, 9.17) is 5.73 Å². The minimum atomic E-state index is -2.99. The first-order chi connectivity index (χ1) is 13.2. The highest BCUT2D eigenvalue weighted by Crippen LogP contribution is 2.70. The second-order valence-corrected chi connectivity index (χ2v) is 10.6. The fourth-order valence-electron chi connectivity index (χ4n) is 7.74. The van der Waals surface area contributed by atoms with Crippen LogP contribution in [0.1, 0.15) is 57.4 Å². The van der Waals surface area contributed by atoms with Crippen LogP contribution in [0.3, 0.4) is 0 Å². The van der Waals surface area contributed by atoms with Crippen LogP contribution in [0.5, 0.6) is 0 Å². The molecule has 3 nitrogen and oxygen atoms in total. The monoisotopic (exact) mass is 388 g/mol. The first-order valence-corrected chi connectivity index (χ1v) is 10.6. The number of carbonyl (C=O) groups is 1. The molecule has 1 saturated heterocycles. The van der Waals surface area contributed by atoms with E-state index in [0.717, 1.165) is 38.5 Å². The van der Waals surface area contributed by atoms with Gasteiger partial charge in [-0.25, -0.2) is 8.78 Å². The van der Waals surface area contributed by atoms with Gasteiger partial charge in [0.25, 0.3) is 5.92 Å². The van der Waals surface area contributed by atoms with E-state index in [1.165, 1.54) is 10.5 Å². The normalized spacial score (nSPS) is 43.9. The fourth-order valence-corrected chi connectivity index (χ4v) is 7.74. The quantitative estimate of drug-likeness (QED) is 0.829. The zero-order valence-electron chi connectivity index (χ0n) is 16.6. The van der Waals surface area contributed by atoms with Crippen molar-refractivity contribution in [3.05, 3.63) is 35.9 Å². The van der Waals surface area contributed by atoms with Crippen LogP contribution in [0.2, 0.25) is 0 Å². The number of carbonyl (C=O) groups excluding carboxylic acids is 1. The molecule has 0 spiro atoms. The summed E-state index contributed by atoms with van der Waals surface area (Å²) in [7, 11) is 0. The minimum Gasteiger partial charge on any atom is -0.336 e. The lowest BCUT2D eigenvalue weighted by molar-refractivity contribution is -0.178. The molecule has 5 fully saturated rings. The molecule has 1 unspecified atom stereocenters. The number of benzene rings is 1. The molecule has 1 aliphatic heterocycles. The topological polar surface area (TPSA) is 46.3 Å². The molecule has 28 heavy (non-hydrogen) atoms. The Morgan fingerprint density at radius 2 is 1.86 bits per heavy atom. The summed E-state index contributed by atoms with van der Waals surface area (Å²) in [6.45, 7) is 2.16. The molecular formula is C23H30F2N2O. The Hall–Kier alpha value is -1.49. The number of rotatable bonds is 2. The number of alkyl halides is 2. The van der Waals surface area contributed by atoms with Gasteiger partial charge in [-0.1, -0.05) is 37.3 Å². The number of hydrogen-bond donors (Lipinski definition) is 1. The Bertz CT molecular complexity index is 799. The second-order valence-electron chi connectivity index (χ2n) is 10.6. The molecule has 0 radical (unpaired) electrons. The van der Waals surface area contributed by atoms with Gasteiger partial charge in [0.2, 0.25) is 5.91 Å². The van der Waals surface area contributed by atoms with Crippen LogP contribution in [0, 0.1) is 16.7 Å². The molecule has 5 heteroatoms. The summed E-state index contributed by atoms with van der Waals surface area (Å²) in [5.74, 6) is -2.51. The van der Waals surface area contributed by atoms with Crippen molar-refractivity contribution in [3.63, 3.8) is 0 Å². The molecule has 152 valence electrons. The highest BCUT2D eigenvalue weighted by atomic mass is 19.3. The minimum absolute atomic E-state index is 0.0137. The van der Waals surface area contributed by atoms with Crippen LogP contribution in [-0.2, 0) is 10.2 Å². The number of amides is 1. The van der Waals surface area contributed by atoms with Crippen molar-refractivity contribution >= 4 is 5.91 Å². The van der Waals surface area contributed by atoms with E-state index in [0.29, 0.717) is 12.5 Å². The van der Waals surface area contributed by atoms with Gasteiger partial charge in [-0.15, -0.1) is 0 Å². The van der Waals surface area contributed by atoms with Gasteiger partial charge in [0.05, 0.1) is 18.0 Å². The molecule has 4 aliphatic carbocycles. The lowest BCUT2D eigenvalue weighted by atomic mass is 9.38. The molecule has 1 amide bonds. The number of hydrogen-bond acceptors (Lipinski definition) is 2. The van der Waals surface area contributed by atoms with Crippen molar-refractivity contribution in [2.45, 2.75) is 69.2 Å². The van der Waals surface area contributed by atoms with Crippen LogP contribution in [0.4, 0.5) is 8.78 Å².